The van der Waals surface area contributed by atoms with Gasteiger partial charge in [0.2, 0.25) is 5.89 Å². The van der Waals surface area contributed by atoms with Gasteiger partial charge in [-0.15, -0.1) is 0 Å². The minimum Gasteiger partial charge on any atom is -0.494 e. The largest absolute Gasteiger partial charge is 0.494 e. The number of ether oxygens (including phenoxy) is 1. The second kappa shape index (κ2) is 6.33. The molecule has 1 aromatic heterocycles. The van der Waals surface area contributed by atoms with Crippen molar-refractivity contribution in [3.8, 4) is 5.75 Å². The Hall–Kier alpha value is -1.88. The fraction of sp³-hybridized carbons (Fsp3) is 0.429. The summed E-state index contributed by atoms with van der Waals surface area (Å²) in [6.07, 6.45) is 0. The lowest BCUT2D eigenvalue weighted by molar-refractivity contribution is 0.260. The van der Waals surface area contributed by atoms with E-state index in [1.165, 1.54) is 5.56 Å². The van der Waals surface area contributed by atoms with Gasteiger partial charge in [-0.2, -0.15) is 4.98 Å². The molecule has 0 saturated carbocycles. The van der Waals surface area contributed by atoms with E-state index in [2.05, 4.69) is 27.2 Å². The first kappa shape index (κ1) is 13.5. The van der Waals surface area contributed by atoms with Gasteiger partial charge in [-0.3, -0.25) is 4.90 Å². The molecule has 0 unspecified atom stereocenters. The molecule has 1 aromatic carbocycles. The van der Waals surface area contributed by atoms with Crippen LogP contribution in [0.4, 0.5) is 0 Å². The Morgan fingerprint density at radius 3 is 2.53 bits per heavy atom. The molecule has 0 aliphatic carbocycles. The molecule has 19 heavy (non-hydrogen) atoms. The molecule has 0 spiro atoms. The van der Waals surface area contributed by atoms with Crippen molar-refractivity contribution in [1.29, 1.82) is 0 Å². The number of benzene rings is 1. The van der Waals surface area contributed by atoms with Crippen LogP contribution in [0.25, 0.3) is 0 Å². The molecule has 0 N–H and O–H groups in total. The van der Waals surface area contributed by atoms with E-state index in [9.17, 15) is 0 Å². The van der Waals surface area contributed by atoms with Crippen LogP contribution in [0.3, 0.4) is 0 Å². The third kappa shape index (κ3) is 4.06. The molecule has 0 atom stereocenters. The summed E-state index contributed by atoms with van der Waals surface area (Å²) in [5.41, 5.74) is 1.22. The minimum absolute atomic E-state index is 0.644. The zero-order valence-electron chi connectivity index (χ0n) is 11.6. The van der Waals surface area contributed by atoms with E-state index in [0.29, 0.717) is 24.9 Å². The summed E-state index contributed by atoms with van der Waals surface area (Å²) in [5, 5.41) is 3.78. The van der Waals surface area contributed by atoms with Crippen molar-refractivity contribution in [2.75, 3.05) is 13.7 Å². The third-order valence-corrected chi connectivity index (χ3v) is 2.66. The number of aryl methyl sites for hydroxylation is 1. The summed E-state index contributed by atoms with van der Waals surface area (Å²) in [6, 6.07) is 8.12. The normalized spacial score (nSPS) is 10.9. The van der Waals surface area contributed by atoms with Crippen LogP contribution >= 0.6 is 0 Å². The molecule has 5 nitrogen and oxygen atoms in total. The first-order valence-corrected chi connectivity index (χ1v) is 6.37. The predicted molar refractivity (Wildman–Crippen MR) is 71.8 cm³/mol. The van der Waals surface area contributed by atoms with Crippen molar-refractivity contribution in [1.82, 2.24) is 15.0 Å². The number of nitrogens with zero attached hydrogens (tertiary/aromatic N) is 3. The summed E-state index contributed by atoms with van der Waals surface area (Å²) >= 11 is 0. The molecule has 0 fully saturated rings. The average molecular weight is 261 g/mol. The maximum absolute atomic E-state index is 5.42. The Morgan fingerprint density at radius 2 is 1.95 bits per heavy atom. The number of hydrogen-bond donors (Lipinski definition) is 0. The van der Waals surface area contributed by atoms with Gasteiger partial charge in [-0.25, -0.2) is 0 Å². The smallest absolute Gasteiger partial charge is 0.240 e. The van der Waals surface area contributed by atoms with Crippen molar-refractivity contribution >= 4 is 0 Å². The van der Waals surface area contributed by atoms with E-state index in [-0.39, 0.29) is 0 Å². The summed E-state index contributed by atoms with van der Waals surface area (Å²) < 4.78 is 10.5. The molecule has 0 saturated heterocycles. The first-order valence-electron chi connectivity index (χ1n) is 6.37. The molecule has 2 rings (SSSR count). The van der Waals surface area contributed by atoms with E-state index in [0.717, 1.165) is 12.3 Å². The maximum atomic E-state index is 5.42. The van der Waals surface area contributed by atoms with E-state index >= 15 is 0 Å². The molecular formula is C14H19N3O2. The maximum Gasteiger partial charge on any atom is 0.240 e. The molecule has 0 radical (unpaired) electrons. The molecule has 5 heteroatoms. The van der Waals surface area contributed by atoms with Crippen LogP contribution in [-0.4, -0.2) is 28.7 Å². The summed E-state index contributed by atoms with van der Waals surface area (Å²) in [6.45, 7) is 5.96. The van der Waals surface area contributed by atoms with Crippen molar-refractivity contribution in [2.45, 2.75) is 26.9 Å². The van der Waals surface area contributed by atoms with Gasteiger partial charge < -0.3 is 9.26 Å². The molecule has 0 amide bonds. The first-order chi connectivity index (χ1) is 9.17. The highest BCUT2D eigenvalue weighted by molar-refractivity contribution is 5.27. The van der Waals surface area contributed by atoms with Gasteiger partial charge in [0.25, 0.3) is 0 Å². The SMILES string of the molecule is CCOc1ccc(CN(C)Cc2nc(C)no2)cc1. The van der Waals surface area contributed by atoms with Crippen LogP contribution in [0.15, 0.2) is 28.8 Å². The van der Waals surface area contributed by atoms with Crippen molar-refractivity contribution in [3.63, 3.8) is 0 Å². The van der Waals surface area contributed by atoms with Gasteiger partial charge in [0.05, 0.1) is 13.2 Å². The van der Waals surface area contributed by atoms with Crippen molar-refractivity contribution in [2.24, 2.45) is 0 Å². The van der Waals surface area contributed by atoms with E-state index < -0.39 is 0 Å². The summed E-state index contributed by atoms with van der Waals surface area (Å²) in [7, 11) is 2.02. The van der Waals surface area contributed by atoms with Gasteiger partial charge in [0, 0.05) is 6.54 Å². The fourth-order valence-electron chi connectivity index (χ4n) is 1.86. The van der Waals surface area contributed by atoms with Crippen LogP contribution in [0.5, 0.6) is 5.75 Å². The van der Waals surface area contributed by atoms with Crippen LogP contribution < -0.4 is 4.74 Å². The summed E-state index contributed by atoms with van der Waals surface area (Å²) in [5.74, 6) is 2.22. The number of rotatable bonds is 6. The van der Waals surface area contributed by atoms with Gasteiger partial charge in [-0.1, -0.05) is 17.3 Å². The zero-order chi connectivity index (χ0) is 13.7. The van der Waals surface area contributed by atoms with Crippen LogP contribution in [0, 0.1) is 6.92 Å². The second-order valence-electron chi connectivity index (χ2n) is 4.48. The van der Waals surface area contributed by atoms with Crippen molar-refractivity contribution < 1.29 is 9.26 Å². The van der Waals surface area contributed by atoms with Gasteiger partial charge in [-0.05, 0) is 38.6 Å². The van der Waals surface area contributed by atoms with Gasteiger partial charge in [0.1, 0.15) is 5.75 Å². The van der Waals surface area contributed by atoms with Crippen molar-refractivity contribution in [3.05, 3.63) is 41.5 Å². The lowest BCUT2D eigenvalue weighted by atomic mass is 10.2. The minimum atomic E-state index is 0.644. The Balaban J connectivity index is 1.89. The van der Waals surface area contributed by atoms with Gasteiger partial charge in [0.15, 0.2) is 5.82 Å². The molecule has 2 aromatic rings. The van der Waals surface area contributed by atoms with Crippen LogP contribution in [0.2, 0.25) is 0 Å². The third-order valence-electron chi connectivity index (χ3n) is 2.66. The van der Waals surface area contributed by atoms with E-state index in [4.69, 9.17) is 9.26 Å². The Labute approximate surface area is 113 Å². The van der Waals surface area contributed by atoms with Crippen LogP contribution in [-0.2, 0) is 13.1 Å². The number of hydrogen-bond acceptors (Lipinski definition) is 5. The standard InChI is InChI=1S/C14H19N3O2/c1-4-18-13-7-5-12(6-8-13)9-17(3)10-14-15-11(2)16-19-14/h5-8H,4,9-10H2,1-3H3. The number of aromatic nitrogens is 2. The van der Waals surface area contributed by atoms with E-state index in [1.54, 1.807) is 0 Å². The predicted octanol–water partition coefficient (Wildman–Crippen LogP) is 2.41. The Bertz CT molecular complexity index is 508. The summed E-state index contributed by atoms with van der Waals surface area (Å²) in [4.78, 5) is 6.32. The monoisotopic (exact) mass is 261 g/mol. The molecule has 0 aliphatic heterocycles. The zero-order valence-corrected chi connectivity index (χ0v) is 11.6. The average Bonchev–Trinajstić information content (AvgIpc) is 2.77. The lowest BCUT2D eigenvalue weighted by Crippen LogP contribution is -2.17. The highest BCUT2D eigenvalue weighted by atomic mass is 16.5. The molecule has 0 bridgehead atoms. The molecular weight excluding hydrogens is 242 g/mol. The quantitative estimate of drug-likeness (QED) is 0.799. The molecule has 102 valence electrons. The lowest BCUT2D eigenvalue weighted by Gasteiger charge is -2.14. The molecule has 1 heterocycles. The Kier molecular flexibility index (Phi) is 4.52. The Morgan fingerprint density at radius 1 is 1.21 bits per heavy atom. The highest BCUT2D eigenvalue weighted by Gasteiger charge is 2.07. The fourth-order valence-corrected chi connectivity index (χ4v) is 1.86. The topological polar surface area (TPSA) is 51.4 Å². The second-order valence-corrected chi connectivity index (χ2v) is 4.48. The van der Waals surface area contributed by atoms with Gasteiger partial charge >= 0.3 is 0 Å². The molecule has 0 aliphatic rings. The highest BCUT2D eigenvalue weighted by Crippen LogP contribution is 2.14. The van der Waals surface area contributed by atoms with Crippen LogP contribution in [0.1, 0.15) is 24.2 Å². The van der Waals surface area contributed by atoms with E-state index in [1.807, 2.05) is 33.0 Å².